The number of unbranched alkanes of at least 4 members (excludes halogenated alkanes) is 1. The first-order chi connectivity index (χ1) is 14.7. The highest BCUT2D eigenvalue weighted by Crippen LogP contribution is 2.29. The Labute approximate surface area is 177 Å². The number of aromatic nitrogens is 2. The van der Waals surface area contributed by atoms with Gasteiger partial charge in [-0.05, 0) is 68.9 Å². The van der Waals surface area contributed by atoms with Crippen molar-refractivity contribution in [3.05, 3.63) is 52.2 Å². The van der Waals surface area contributed by atoms with Gasteiger partial charge < -0.3 is 16.4 Å². The predicted molar refractivity (Wildman–Crippen MR) is 120 cm³/mol. The van der Waals surface area contributed by atoms with Crippen LogP contribution in [0.5, 0.6) is 0 Å². The molecule has 1 aliphatic carbocycles. The molecule has 1 aliphatic rings. The lowest BCUT2D eigenvalue weighted by molar-refractivity contribution is -0.384. The number of anilines is 2. The Morgan fingerprint density at radius 3 is 2.50 bits per heavy atom. The highest BCUT2D eigenvalue weighted by molar-refractivity contribution is 5.56. The van der Waals surface area contributed by atoms with Gasteiger partial charge in [0.2, 0.25) is 11.8 Å². The van der Waals surface area contributed by atoms with Gasteiger partial charge in [-0.25, -0.2) is 4.98 Å². The van der Waals surface area contributed by atoms with E-state index in [-0.39, 0.29) is 5.69 Å². The van der Waals surface area contributed by atoms with Crippen LogP contribution in [0.2, 0.25) is 0 Å². The van der Waals surface area contributed by atoms with E-state index < -0.39 is 4.92 Å². The maximum atomic E-state index is 11.4. The van der Waals surface area contributed by atoms with Crippen molar-refractivity contribution in [2.24, 2.45) is 17.6 Å². The van der Waals surface area contributed by atoms with Crippen molar-refractivity contribution < 1.29 is 4.92 Å². The van der Waals surface area contributed by atoms with Crippen LogP contribution in [-0.2, 0) is 6.42 Å². The first-order valence-corrected chi connectivity index (χ1v) is 10.9. The molecule has 1 aromatic heterocycles. The second-order valence-electron chi connectivity index (χ2n) is 8.06. The first-order valence-electron chi connectivity index (χ1n) is 10.9. The van der Waals surface area contributed by atoms with Gasteiger partial charge in [0.25, 0.3) is 0 Å². The Morgan fingerprint density at radius 2 is 1.80 bits per heavy atom. The Balaban J connectivity index is 1.48. The van der Waals surface area contributed by atoms with Crippen molar-refractivity contribution >= 4 is 17.5 Å². The molecule has 0 unspecified atom stereocenters. The maximum Gasteiger partial charge on any atom is 0.329 e. The number of nitro groups is 1. The minimum absolute atomic E-state index is 0.0831. The van der Waals surface area contributed by atoms with Crippen LogP contribution < -0.4 is 16.4 Å². The summed E-state index contributed by atoms with van der Waals surface area (Å²) in [6, 6.07) is 10.4. The highest BCUT2D eigenvalue weighted by Gasteiger charge is 2.22. The van der Waals surface area contributed by atoms with Gasteiger partial charge in [0.15, 0.2) is 0 Å². The number of nitrogens with zero attached hydrogens (tertiary/aromatic N) is 3. The standard InChI is InChI=1S/C22H32N6O2/c23-14-18-9-11-19(12-10-18)15-25-21-20(28(29)30)16-26-22(27-21)24-13-5-4-8-17-6-2-1-3-7-17/h1-3,6-7,16,18-19H,4-5,8-15,23H2,(H2,24,25,26,27). The van der Waals surface area contributed by atoms with Gasteiger partial charge in [-0.1, -0.05) is 30.3 Å². The molecule has 0 bridgehead atoms. The molecular formula is C22H32N6O2. The molecule has 4 N–H and O–H groups in total. The molecule has 1 saturated carbocycles. The van der Waals surface area contributed by atoms with E-state index in [0.29, 0.717) is 30.1 Å². The largest absolute Gasteiger partial charge is 0.364 e. The maximum absolute atomic E-state index is 11.4. The fourth-order valence-corrected chi connectivity index (χ4v) is 3.94. The SMILES string of the molecule is NCC1CCC(CNc2nc(NCCCCc3ccccc3)ncc2[N+](=O)[O-])CC1. The zero-order chi connectivity index (χ0) is 21.2. The molecule has 0 atom stereocenters. The number of hydrogen-bond donors (Lipinski definition) is 3. The van der Waals surface area contributed by atoms with Crippen molar-refractivity contribution in [3.8, 4) is 0 Å². The Hall–Kier alpha value is -2.74. The molecule has 1 heterocycles. The van der Waals surface area contributed by atoms with Crippen LogP contribution in [0.4, 0.5) is 17.5 Å². The van der Waals surface area contributed by atoms with E-state index in [0.717, 1.165) is 58.0 Å². The summed E-state index contributed by atoms with van der Waals surface area (Å²) < 4.78 is 0. The first kappa shape index (κ1) is 22.0. The number of hydrogen-bond acceptors (Lipinski definition) is 7. The Morgan fingerprint density at radius 1 is 1.07 bits per heavy atom. The summed E-state index contributed by atoms with van der Waals surface area (Å²) in [6.45, 7) is 2.16. The van der Waals surface area contributed by atoms with Gasteiger partial charge in [-0.15, -0.1) is 0 Å². The summed E-state index contributed by atoms with van der Waals surface area (Å²) in [7, 11) is 0. The molecule has 1 aromatic carbocycles. The van der Waals surface area contributed by atoms with Crippen LogP contribution in [0.25, 0.3) is 0 Å². The molecular weight excluding hydrogens is 380 g/mol. The monoisotopic (exact) mass is 412 g/mol. The molecule has 0 aliphatic heterocycles. The second kappa shape index (κ2) is 11.4. The fourth-order valence-electron chi connectivity index (χ4n) is 3.94. The van der Waals surface area contributed by atoms with E-state index in [4.69, 9.17) is 5.73 Å². The number of aryl methyl sites for hydroxylation is 1. The molecule has 3 rings (SSSR count). The summed E-state index contributed by atoms with van der Waals surface area (Å²) >= 11 is 0. The van der Waals surface area contributed by atoms with Crippen molar-refractivity contribution in [1.29, 1.82) is 0 Å². The lowest BCUT2D eigenvalue weighted by Crippen LogP contribution is -2.25. The summed E-state index contributed by atoms with van der Waals surface area (Å²) in [5, 5.41) is 17.7. The van der Waals surface area contributed by atoms with Crippen LogP contribution in [-0.4, -0.2) is 34.5 Å². The zero-order valence-electron chi connectivity index (χ0n) is 17.4. The van der Waals surface area contributed by atoms with Crippen molar-refractivity contribution in [2.75, 3.05) is 30.3 Å². The normalized spacial score (nSPS) is 18.7. The number of nitrogens with one attached hydrogen (secondary N) is 2. The zero-order valence-corrected chi connectivity index (χ0v) is 17.4. The molecule has 30 heavy (non-hydrogen) atoms. The molecule has 1 fully saturated rings. The summed E-state index contributed by atoms with van der Waals surface area (Å²) in [5.74, 6) is 1.83. The van der Waals surface area contributed by atoms with E-state index in [1.807, 2.05) is 6.07 Å². The van der Waals surface area contributed by atoms with Crippen molar-refractivity contribution in [2.45, 2.75) is 44.9 Å². The van der Waals surface area contributed by atoms with Gasteiger partial charge in [0.1, 0.15) is 6.20 Å². The lowest BCUT2D eigenvalue weighted by Gasteiger charge is -2.27. The summed E-state index contributed by atoms with van der Waals surface area (Å²) in [5.41, 5.74) is 7.00. The van der Waals surface area contributed by atoms with Crippen LogP contribution in [0.3, 0.4) is 0 Å². The average molecular weight is 413 g/mol. The van der Waals surface area contributed by atoms with Crippen LogP contribution in [0.1, 0.15) is 44.1 Å². The molecule has 0 spiro atoms. The van der Waals surface area contributed by atoms with E-state index >= 15 is 0 Å². The van der Waals surface area contributed by atoms with Gasteiger partial charge in [-0.2, -0.15) is 4.98 Å². The third-order valence-corrected chi connectivity index (χ3v) is 5.84. The second-order valence-corrected chi connectivity index (χ2v) is 8.06. The molecule has 8 heteroatoms. The van der Waals surface area contributed by atoms with E-state index in [9.17, 15) is 10.1 Å². The van der Waals surface area contributed by atoms with Crippen LogP contribution >= 0.6 is 0 Å². The predicted octanol–water partition coefficient (Wildman–Crippen LogP) is 4.00. The molecule has 2 aromatic rings. The quantitative estimate of drug-likeness (QED) is 0.290. The Bertz CT molecular complexity index is 793. The topological polar surface area (TPSA) is 119 Å². The van der Waals surface area contributed by atoms with E-state index in [1.54, 1.807) is 0 Å². The van der Waals surface area contributed by atoms with E-state index in [2.05, 4.69) is 44.9 Å². The van der Waals surface area contributed by atoms with Gasteiger partial charge in [-0.3, -0.25) is 10.1 Å². The Kier molecular flexibility index (Phi) is 8.38. The molecule has 162 valence electrons. The summed E-state index contributed by atoms with van der Waals surface area (Å²) in [4.78, 5) is 19.4. The fraction of sp³-hybridized carbons (Fsp3) is 0.545. The molecule has 0 radical (unpaired) electrons. The summed E-state index contributed by atoms with van der Waals surface area (Å²) in [6.07, 6.45) is 8.80. The van der Waals surface area contributed by atoms with Crippen molar-refractivity contribution in [3.63, 3.8) is 0 Å². The van der Waals surface area contributed by atoms with E-state index in [1.165, 1.54) is 11.8 Å². The highest BCUT2D eigenvalue weighted by atomic mass is 16.6. The van der Waals surface area contributed by atoms with Crippen LogP contribution in [0.15, 0.2) is 36.5 Å². The minimum Gasteiger partial charge on any atom is -0.364 e. The number of rotatable bonds is 11. The third-order valence-electron chi connectivity index (χ3n) is 5.84. The van der Waals surface area contributed by atoms with Gasteiger partial charge in [0, 0.05) is 13.1 Å². The molecule has 0 saturated heterocycles. The lowest BCUT2D eigenvalue weighted by atomic mass is 9.82. The number of nitrogens with two attached hydrogens (primary N) is 1. The van der Waals surface area contributed by atoms with Crippen molar-refractivity contribution in [1.82, 2.24) is 9.97 Å². The van der Waals surface area contributed by atoms with Gasteiger partial charge in [0.05, 0.1) is 4.92 Å². The van der Waals surface area contributed by atoms with Gasteiger partial charge >= 0.3 is 5.69 Å². The molecule has 0 amide bonds. The molecule has 8 nitrogen and oxygen atoms in total. The third kappa shape index (κ3) is 6.66. The number of benzene rings is 1. The average Bonchev–Trinajstić information content (AvgIpc) is 2.78. The van der Waals surface area contributed by atoms with Crippen LogP contribution in [0, 0.1) is 22.0 Å². The smallest absolute Gasteiger partial charge is 0.329 e. The minimum atomic E-state index is -0.433.